The van der Waals surface area contributed by atoms with E-state index in [0.717, 1.165) is 30.6 Å². The Morgan fingerprint density at radius 2 is 2.00 bits per heavy atom. The van der Waals surface area contributed by atoms with Crippen LogP contribution in [0.2, 0.25) is 0 Å². The van der Waals surface area contributed by atoms with Crippen LogP contribution in [0.3, 0.4) is 0 Å². The van der Waals surface area contributed by atoms with Crippen LogP contribution in [0.15, 0.2) is 24.3 Å². The number of ether oxygens (including phenoxy) is 1. The molecular formula is C18H24N2O3. The molecule has 3 rings (SSSR count). The number of amides is 2. The molecule has 0 spiro atoms. The molecule has 0 aromatic heterocycles. The fourth-order valence-electron chi connectivity index (χ4n) is 3.64. The van der Waals surface area contributed by atoms with Crippen LogP contribution >= 0.6 is 0 Å². The SMILES string of the molecule is COc1ccccc1[C@@H]1C[C@@H]1C(=O)N1C[C@@H](C(N)=O)CC[C@H]1C. The molecule has 1 aliphatic heterocycles. The number of primary amides is 1. The van der Waals surface area contributed by atoms with Gasteiger partial charge in [-0.3, -0.25) is 9.59 Å². The van der Waals surface area contributed by atoms with E-state index in [4.69, 9.17) is 10.5 Å². The van der Waals surface area contributed by atoms with E-state index >= 15 is 0 Å². The number of nitrogens with two attached hydrogens (primary N) is 1. The molecule has 0 bridgehead atoms. The molecule has 23 heavy (non-hydrogen) atoms. The van der Waals surface area contributed by atoms with Crippen molar-refractivity contribution in [3.05, 3.63) is 29.8 Å². The molecule has 1 aromatic carbocycles. The molecule has 2 amide bonds. The van der Waals surface area contributed by atoms with E-state index in [9.17, 15) is 9.59 Å². The van der Waals surface area contributed by atoms with Crippen LogP contribution in [-0.4, -0.2) is 36.4 Å². The zero-order valence-corrected chi connectivity index (χ0v) is 13.7. The summed E-state index contributed by atoms with van der Waals surface area (Å²) in [5, 5.41) is 0. The van der Waals surface area contributed by atoms with Crippen LogP contribution < -0.4 is 10.5 Å². The van der Waals surface area contributed by atoms with Crippen molar-refractivity contribution in [1.82, 2.24) is 4.90 Å². The summed E-state index contributed by atoms with van der Waals surface area (Å²) in [4.78, 5) is 26.2. The molecule has 1 saturated heterocycles. The third-order valence-electron chi connectivity index (χ3n) is 5.21. The van der Waals surface area contributed by atoms with Gasteiger partial charge in [-0.15, -0.1) is 0 Å². The van der Waals surface area contributed by atoms with Crippen LogP contribution in [0.5, 0.6) is 5.75 Å². The number of methoxy groups -OCH3 is 1. The summed E-state index contributed by atoms with van der Waals surface area (Å²) in [6.07, 6.45) is 2.47. The van der Waals surface area contributed by atoms with Gasteiger partial charge in [0.25, 0.3) is 0 Å². The van der Waals surface area contributed by atoms with Crippen molar-refractivity contribution in [2.24, 2.45) is 17.6 Å². The summed E-state index contributed by atoms with van der Waals surface area (Å²) in [6.45, 7) is 2.51. The van der Waals surface area contributed by atoms with Gasteiger partial charge in [0.2, 0.25) is 11.8 Å². The Morgan fingerprint density at radius 3 is 2.70 bits per heavy atom. The Kier molecular flexibility index (Phi) is 4.28. The lowest BCUT2D eigenvalue weighted by molar-refractivity contribution is -0.138. The lowest BCUT2D eigenvalue weighted by atomic mass is 9.92. The quantitative estimate of drug-likeness (QED) is 0.922. The van der Waals surface area contributed by atoms with Gasteiger partial charge >= 0.3 is 0 Å². The maximum absolute atomic E-state index is 12.9. The second-order valence-electron chi connectivity index (χ2n) is 6.71. The van der Waals surface area contributed by atoms with Gasteiger partial charge < -0.3 is 15.4 Å². The van der Waals surface area contributed by atoms with Gasteiger partial charge in [-0.2, -0.15) is 0 Å². The van der Waals surface area contributed by atoms with E-state index in [1.54, 1.807) is 7.11 Å². The van der Waals surface area contributed by atoms with Crippen molar-refractivity contribution >= 4 is 11.8 Å². The van der Waals surface area contributed by atoms with Gasteiger partial charge in [0.05, 0.1) is 13.0 Å². The van der Waals surface area contributed by atoms with Crippen molar-refractivity contribution in [2.45, 2.75) is 38.1 Å². The number of para-hydroxylation sites is 1. The van der Waals surface area contributed by atoms with E-state index in [2.05, 4.69) is 6.92 Å². The number of hydrogen-bond donors (Lipinski definition) is 1. The Bertz CT molecular complexity index is 616. The highest BCUT2D eigenvalue weighted by molar-refractivity contribution is 5.85. The van der Waals surface area contributed by atoms with Crippen LogP contribution in [-0.2, 0) is 9.59 Å². The Balaban J connectivity index is 1.71. The predicted octanol–water partition coefficient (Wildman–Crippen LogP) is 1.91. The van der Waals surface area contributed by atoms with Crippen LogP contribution in [0.4, 0.5) is 0 Å². The molecule has 124 valence electrons. The minimum absolute atomic E-state index is 0.000349. The minimum atomic E-state index is -0.299. The molecule has 1 heterocycles. The molecule has 1 aliphatic carbocycles. The number of piperidine rings is 1. The highest BCUT2D eigenvalue weighted by Crippen LogP contribution is 2.51. The van der Waals surface area contributed by atoms with Gasteiger partial charge in [0.15, 0.2) is 0 Å². The summed E-state index contributed by atoms with van der Waals surface area (Å²) in [5.74, 6) is 0.708. The molecule has 5 heteroatoms. The normalized spacial score (nSPS) is 29.9. The number of nitrogens with zero attached hydrogens (tertiary/aromatic N) is 1. The largest absolute Gasteiger partial charge is 0.496 e. The topological polar surface area (TPSA) is 72.6 Å². The van der Waals surface area contributed by atoms with E-state index in [0.29, 0.717) is 6.54 Å². The Labute approximate surface area is 136 Å². The molecule has 0 radical (unpaired) electrons. The molecule has 2 aliphatic rings. The van der Waals surface area contributed by atoms with Crippen LogP contribution in [0, 0.1) is 11.8 Å². The zero-order chi connectivity index (χ0) is 16.6. The maximum Gasteiger partial charge on any atom is 0.226 e. The van der Waals surface area contributed by atoms with E-state index in [1.165, 1.54) is 0 Å². The van der Waals surface area contributed by atoms with Gasteiger partial charge in [0.1, 0.15) is 5.75 Å². The highest BCUT2D eigenvalue weighted by Gasteiger charge is 2.48. The third kappa shape index (κ3) is 3.05. The number of carbonyl (C=O) groups is 2. The lowest BCUT2D eigenvalue weighted by Gasteiger charge is -2.37. The average Bonchev–Trinajstić information content (AvgIpc) is 3.34. The molecule has 1 saturated carbocycles. The summed E-state index contributed by atoms with van der Waals surface area (Å²) < 4.78 is 5.40. The van der Waals surface area contributed by atoms with Crippen molar-refractivity contribution in [3.63, 3.8) is 0 Å². The number of likely N-dealkylation sites (tertiary alicyclic amines) is 1. The second kappa shape index (κ2) is 6.22. The Hall–Kier alpha value is -2.04. The number of carbonyl (C=O) groups excluding carboxylic acids is 2. The van der Waals surface area contributed by atoms with E-state index < -0.39 is 0 Å². The molecule has 1 aromatic rings. The molecular weight excluding hydrogens is 292 g/mol. The first-order chi connectivity index (χ1) is 11.0. The van der Waals surface area contributed by atoms with Crippen LogP contribution in [0.25, 0.3) is 0 Å². The van der Waals surface area contributed by atoms with E-state index in [1.807, 2.05) is 29.2 Å². The van der Waals surface area contributed by atoms with E-state index in [-0.39, 0.29) is 35.6 Å². The average molecular weight is 316 g/mol. The fourth-order valence-corrected chi connectivity index (χ4v) is 3.64. The van der Waals surface area contributed by atoms with Gasteiger partial charge in [-0.1, -0.05) is 18.2 Å². The third-order valence-corrected chi connectivity index (χ3v) is 5.21. The first-order valence-electron chi connectivity index (χ1n) is 8.25. The Morgan fingerprint density at radius 1 is 1.26 bits per heavy atom. The molecule has 2 N–H and O–H groups in total. The summed E-state index contributed by atoms with van der Waals surface area (Å²) in [6, 6.07) is 8.05. The highest BCUT2D eigenvalue weighted by atomic mass is 16.5. The summed E-state index contributed by atoms with van der Waals surface area (Å²) in [7, 11) is 1.65. The lowest BCUT2D eigenvalue weighted by Crippen LogP contribution is -2.49. The molecule has 5 nitrogen and oxygen atoms in total. The van der Waals surface area contributed by atoms with Crippen LogP contribution in [0.1, 0.15) is 37.7 Å². The standard InChI is InChI=1S/C18H24N2O3/c1-11-7-8-12(17(19)21)10-20(11)18(22)15-9-14(15)13-5-3-4-6-16(13)23-2/h3-6,11-12,14-15H,7-10H2,1-2H3,(H2,19,21)/t11-,12+,14+,15+/m1/s1. The fraction of sp³-hybridized carbons (Fsp3) is 0.556. The monoisotopic (exact) mass is 316 g/mol. The number of benzene rings is 1. The zero-order valence-electron chi connectivity index (χ0n) is 13.7. The van der Waals surface area contributed by atoms with Crippen molar-refractivity contribution in [1.29, 1.82) is 0 Å². The van der Waals surface area contributed by atoms with Crippen molar-refractivity contribution < 1.29 is 14.3 Å². The molecule has 2 fully saturated rings. The van der Waals surface area contributed by atoms with Crippen molar-refractivity contribution in [3.8, 4) is 5.75 Å². The molecule has 0 unspecified atom stereocenters. The number of rotatable bonds is 4. The van der Waals surface area contributed by atoms with Gasteiger partial charge in [-0.25, -0.2) is 0 Å². The smallest absolute Gasteiger partial charge is 0.226 e. The number of hydrogen-bond acceptors (Lipinski definition) is 3. The summed E-state index contributed by atoms with van der Waals surface area (Å²) in [5.41, 5.74) is 6.53. The van der Waals surface area contributed by atoms with Gasteiger partial charge in [0, 0.05) is 18.5 Å². The predicted molar refractivity (Wildman–Crippen MR) is 86.9 cm³/mol. The first kappa shape index (κ1) is 15.8. The van der Waals surface area contributed by atoms with Crippen molar-refractivity contribution in [2.75, 3.05) is 13.7 Å². The first-order valence-corrected chi connectivity index (χ1v) is 8.25. The second-order valence-corrected chi connectivity index (χ2v) is 6.71. The maximum atomic E-state index is 12.9. The summed E-state index contributed by atoms with van der Waals surface area (Å²) >= 11 is 0. The van der Waals surface area contributed by atoms with Gasteiger partial charge in [-0.05, 0) is 43.7 Å². The molecule has 4 atom stereocenters. The minimum Gasteiger partial charge on any atom is -0.496 e.